The zero-order valence-electron chi connectivity index (χ0n) is 21.5. The van der Waals surface area contributed by atoms with E-state index < -0.39 is 17.8 Å². The zero-order valence-corrected chi connectivity index (χ0v) is 22.3. The highest BCUT2D eigenvalue weighted by molar-refractivity contribution is 7.13. The first-order valence-electron chi connectivity index (χ1n) is 12.9. The van der Waals surface area contributed by atoms with Crippen molar-refractivity contribution in [2.75, 3.05) is 43.4 Å². The summed E-state index contributed by atoms with van der Waals surface area (Å²) >= 11 is 1.28. The van der Waals surface area contributed by atoms with Gasteiger partial charge in [-0.15, -0.1) is 11.3 Å². The van der Waals surface area contributed by atoms with E-state index >= 15 is 0 Å². The Morgan fingerprint density at radius 2 is 1.77 bits per heavy atom. The van der Waals surface area contributed by atoms with Gasteiger partial charge in [-0.05, 0) is 59.6 Å². The Balaban J connectivity index is 1.26. The van der Waals surface area contributed by atoms with Gasteiger partial charge in [0, 0.05) is 55.6 Å². The van der Waals surface area contributed by atoms with Gasteiger partial charge in [-0.25, -0.2) is 9.37 Å². The number of fused-ring (bicyclic) bond motifs is 1. The van der Waals surface area contributed by atoms with E-state index in [0.29, 0.717) is 16.3 Å². The SMILES string of the molecule is CN1CCN(c2ccc(-c3ccc4c(c3)C(=O)N(C(C(=O)Nc3nccs3)c3cccc(F)c3)C4)cc2)CC1. The van der Waals surface area contributed by atoms with E-state index in [1.807, 2.05) is 18.2 Å². The number of hydrogen-bond acceptors (Lipinski definition) is 6. The van der Waals surface area contributed by atoms with Crippen molar-refractivity contribution in [2.45, 2.75) is 12.6 Å². The van der Waals surface area contributed by atoms with Crippen molar-refractivity contribution in [2.24, 2.45) is 0 Å². The summed E-state index contributed by atoms with van der Waals surface area (Å²) in [4.78, 5) is 37.5. The van der Waals surface area contributed by atoms with Gasteiger partial charge >= 0.3 is 0 Å². The minimum Gasteiger partial charge on any atom is -0.369 e. The van der Waals surface area contributed by atoms with Crippen LogP contribution in [0.5, 0.6) is 0 Å². The van der Waals surface area contributed by atoms with Crippen molar-refractivity contribution in [1.29, 1.82) is 0 Å². The maximum atomic E-state index is 14.2. The summed E-state index contributed by atoms with van der Waals surface area (Å²) in [7, 11) is 2.14. The summed E-state index contributed by atoms with van der Waals surface area (Å²) in [5.41, 5.74) is 4.94. The molecule has 3 aromatic carbocycles. The number of amides is 2. The Hall–Kier alpha value is -4.08. The smallest absolute Gasteiger partial charge is 0.255 e. The lowest BCUT2D eigenvalue weighted by atomic mass is 10.00. The molecular formula is C30H28FN5O2S. The van der Waals surface area contributed by atoms with Crippen molar-refractivity contribution in [3.8, 4) is 11.1 Å². The second-order valence-corrected chi connectivity index (χ2v) is 10.8. The predicted octanol–water partition coefficient (Wildman–Crippen LogP) is 5.04. The van der Waals surface area contributed by atoms with Crippen LogP contribution in [0.1, 0.15) is 27.5 Å². The molecule has 2 aliphatic heterocycles. The van der Waals surface area contributed by atoms with Gasteiger partial charge in [0.15, 0.2) is 5.13 Å². The standard InChI is InChI=1S/C30H28FN5O2S/c1-34-12-14-35(15-13-34)25-9-7-20(8-10-25)21-5-6-23-19-36(29(38)26(23)18-21)27(22-3-2-4-24(31)17-22)28(37)33-30-32-11-16-39-30/h2-11,16-18,27H,12-15,19H2,1H3,(H,32,33,37). The number of thiazole rings is 1. The molecule has 9 heteroatoms. The van der Waals surface area contributed by atoms with Crippen LogP contribution in [-0.2, 0) is 11.3 Å². The van der Waals surface area contributed by atoms with Gasteiger partial charge in [0.1, 0.15) is 11.9 Å². The predicted molar refractivity (Wildman–Crippen MR) is 151 cm³/mol. The molecule has 3 heterocycles. The average Bonchev–Trinajstić information content (AvgIpc) is 3.57. The van der Waals surface area contributed by atoms with Crippen LogP contribution in [0.2, 0.25) is 0 Å². The van der Waals surface area contributed by atoms with E-state index in [1.54, 1.807) is 23.7 Å². The molecule has 1 atom stereocenters. The quantitative estimate of drug-likeness (QED) is 0.371. The van der Waals surface area contributed by atoms with Crippen LogP contribution >= 0.6 is 11.3 Å². The summed E-state index contributed by atoms with van der Waals surface area (Å²) in [5, 5.41) is 4.96. The Bertz CT molecular complexity index is 1500. The molecule has 0 radical (unpaired) electrons. The lowest BCUT2D eigenvalue weighted by Gasteiger charge is -2.34. The van der Waals surface area contributed by atoms with E-state index in [0.717, 1.165) is 42.9 Å². The minimum absolute atomic E-state index is 0.253. The van der Waals surface area contributed by atoms with Crippen LogP contribution in [0.3, 0.4) is 0 Å². The fourth-order valence-corrected chi connectivity index (χ4v) is 5.78. The van der Waals surface area contributed by atoms with Crippen molar-refractivity contribution in [1.82, 2.24) is 14.8 Å². The number of piperazine rings is 1. The molecule has 1 unspecified atom stereocenters. The molecule has 6 rings (SSSR count). The van der Waals surface area contributed by atoms with Gasteiger partial charge in [0.2, 0.25) is 0 Å². The maximum absolute atomic E-state index is 14.2. The number of halogens is 1. The third-order valence-corrected chi connectivity index (χ3v) is 8.09. The molecule has 1 fully saturated rings. The molecule has 1 aromatic heterocycles. The van der Waals surface area contributed by atoms with Crippen molar-refractivity contribution in [3.63, 3.8) is 0 Å². The zero-order chi connectivity index (χ0) is 26.9. The lowest BCUT2D eigenvalue weighted by molar-refractivity contribution is -0.120. The second-order valence-electron chi connectivity index (χ2n) is 9.93. The minimum atomic E-state index is -1.00. The molecule has 7 nitrogen and oxygen atoms in total. The number of aromatic nitrogens is 1. The lowest BCUT2D eigenvalue weighted by Crippen LogP contribution is -2.44. The van der Waals surface area contributed by atoms with Crippen LogP contribution < -0.4 is 10.2 Å². The van der Waals surface area contributed by atoms with E-state index in [1.165, 1.54) is 34.1 Å². The average molecular weight is 542 g/mol. The normalized spacial score (nSPS) is 16.3. The molecule has 0 bridgehead atoms. The van der Waals surface area contributed by atoms with Crippen LogP contribution in [0.25, 0.3) is 11.1 Å². The number of nitrogens with one attached hydrogen (secondary N) is 1. The number of carbonyl (C=O) groups excluding carboxylic acids is 2. The third kappa shape index (κ3) is 5.15. The van der Waals surface area contributed by atoms with E-state index in [4.69, 9.17) is 0 Å². The molecule has 4 aromatic rings. The van der Waals surface area contributed by atoms with Gasteiger partial charge in [0.25, 0.3) is 11.8 Å². The summed E-state index contributed by atoms with van der Waals surface area (Å²) in [6, 6.07) is 19.1. The van der Waals surface area contributed by atoms with Crippen molar-refractivity contribution >= 4 is 34.0 Å². The highest BCUT2D eigenvalue weighted by Crippen LogP contribution is 2.35. The fraction of sp³-hybridized carbons (Fsp3) is 0.233. The van der Waals surface area contributed by atoms with Crippen LogP contribution in [0, 0.1) is 5.82 Å². The molecule has 1 saturated heterocycles. The molecule has 1 N–H and O–H groups in total. The molecule has 2 amide bonds. The summed E-state index contributed by atoms with van der Waals surface area (Å²) in [5.74, 6) is -1.16. The van der Waals surface area contributed by atoms with Gasteiger partial charge in [0.05, 0.1) is 0 Å². The topological polar surface area (TPSA) is 68.8 Å². The first-order chi connectivity index (χ1) is 19.0. The second kappa shape index (κ2) is 10.6. The Morgan fingerprint density at radius 1 is 1.00 bits per heavy atom. The van der Waals surface area contributed by atoms with Gasteiger partial charge in [-0.1, -0.05) is 36.4 Å². The number of benzene rings is 3. The first-order valence-corrected chi connectivity index (χ1v) is 13.8. The van der Waals surface area contributed by atoms with Gasteiger partial charge < -0.3 is 14.7 Å². The van der Waals surface area contributed by atoms with E-state index in [2.05, 4.69) is 51.4 Å². The summed E-state index contributed by atoms with van der Waals surface area (Å²) in [6.07, 6.45) is 1.59. The van der Waals surface area contributed by atoms with Crippen molar-refractivity contribution < 1.29 is 14.0 Å². The fourth-order valence-electron chi connectivity index (χ4n) is 5.25. The number of likely N-dealkylation sites (N-methyl/N-ethyl adjacent to an activating group) is 1. The Kier molecular flexibility index (Phi) is 6.85. The number of carbonyl (C=O) groups is 2. The molecule has 0 spiro atoms. The number of anilines is 2. The largest absolute Gasteiger partial charge is 0.369 e. The first kappa shape index (κ1) is 25.2. The van der Waals surface area contributed by atoms with Crippen molar-refractivity contribution in [3.05, 3.63) is 101 Å². The highest BCUT2D eigenvalue weighted by Gasteiger charge is 2.38. The van der Waals surface area contributed by atoms with E-state index in [9.17, 15) is 14.0 Å². The summed E-state index contributed by atoms with van der Waals surface area (Å²) < 4.78 is 14.2. The van der Waals surface area contributed by atoms with E-state index in [-0.39, 0.29) is 12.5 Å². The number of rotatable bonds is 6. The summed E-state index contributed by atoms with van der Waals surface area (Å²) in [6.45, 7) is 4.35. The molecule has 198 valence electrons. The molecular weight excluding hydrogens is 513 g/mol. The van der Waals surface area contributed by atoms with Gasteiger partial charge in [-0.2, -0.15) is 0 Å². The van der Waals surface area contributed by atoms with Crippen LogP contribution in [0.15, 0.2) is 78.3 Å². The monoisotopic (exact) mass is 541 g/mol. The highest BCUT2D eigenvalue weighted by atomic mass is 32.1. The molecule has 0 aliphatic carbocycles. The third-order valence-electron chi connectivity index (χ3n) is 7.40. The number of hydrogen-bond donors (Lipinski definition) is 1. The Labute approximate surface area is 230 Å². The molecule has 2 aliphatic rings. The molecule has 0 saturated carbocycles. The Morgan fingerprint density at radius 3 is 2.49 bits per heavy atom. The molecule has 39 heavy (non-hydrogen) atoms. The van der Waals surface area contributed by atoms with Crippen LogP contribution in [-0.4, -0.2) is 59.8 Å². The van der Waals surface area contributed by atoms with Crippen LogP contribution in [0.4, 0.5) is 15.2 Å². The van der Waals surface area contributed by atoms with Gasteiger partial charge in [-0.3, -0.25) is 14.9 Å². The maximum Gasteiger partial charge on any atom is 0.255 e. The number of nitrogens with zero attached hydrogens (tertiary/aromatic N) is 4.